The summed E-state index contributed by atoms with van der Waals surface area (Å²) in [4.78, 5) is 10.7. The van der Waals surface area contributed by atoms with Crippen LogP contribution in [0.1, 0.15) is 17.4 Å². The predicted octanol–water partition coefficient (Wildman–Crippen LogP) is 1.46. The van der Waals surface area contributed by atoms with E-state index in [1.807, 2.05) is 6.92 Å². The summed E-state index contributed by atoms with van der Waals surface area (Å²) in [5, 5.41) is 3.97. The molecule has 1 rings (SSSR count). The fraction of sp³-hybridized carbons (Fsp3) is 0.333. The van der Waals surface area contributed by atoms with Crippen LogP contribution in [-0.4, -0.2) is 15.7 Å². The Labute approximate surface area is 72.6 Å². The molecule has 0 saturated heterocycles. The van der Waals surface area contributed by atoms with Gasteiger partial charge in [0.25, 0.3) is 0 Å². The van der Waals surface area contributed by atoms with Crippen molar-refractivity contribution in [3.05, 3.63) is 15.5 Å². The van der Waals surface area contributed by atoms with Gasteiger partial charge in [0.15, 0.2) is 0 Å². The number of hydrogen-bond acceptors (Lipinski definition) is 2. The summed E-state index contributed by atoms with van der Waals surface area (Å²) in [7, 11) is 0. The van der Waals surface area contributed by atoms with Crippen molar-refractivity contribution in [1.82, 2.24) is 9.78 Å². The first-order chi connectivity index (χ1) is 4.61. The van der Waals surface area contributed by atoms with Crippen LogP contribution in [0.25, 0.3) is 0 Å². The second-order valence-electron chi connectivity index (χ2n) is 2.03. The lowest BCUT2D eigenvalue weighted by atomic mass is 10.5. The van der Waals surface area contributed by atoms with E-state index in [1.165, 1.54) is 11.6 Å². The molecule has 0 bridgehead atoms. The number of rotatable bonds is 0. The molecule has 0 radical (unpaired) electrons. The molecule has 0 unspecified atom stereocenters. The summed E-state index contributed by atoms with van der Waals surface area (Å²) in [6.07, 6.45) is 1.72. The molecule has 1 heterocycles. The Hall–Kier alpha value is -0.390. The smallest absolute Gasteiger partial charge is 0.243 e. The number of hydrogen-bond donors (Lipinski definition) is 0. The van der Waals surface area contributed by atoms with Crippen LogP contribution >= 0.6 is 22.6 Å². The van der Waals surface area contributed by atoms with Gasteiger partial charge in [0, 0.05) is 13.1 Å². The normalized spacial score (nSPS) is 9.90. The number of carbonyl (C=O) groups is 1. The first kappa shape index (κ1) is 7.71. The van der Waals surface area contributed by atoms with Crippen LogP contribution in [-0.2, 0) is 0 Å². The monoisotopic (exact) mass is 250 g/mol. The Morgan fingerprint density at radius 3 is 2.60 bits per heavy atom. The minimum atomic E-state index is -0.0500. The van der Waals surface area contributed by atoms with Gasteiger partial charge in [-0.1, -0.05) is 0 Å². The van der Waals surface area contributed by atoms with Gasteiger partial charge in [-0.2, -0.15) is 5.10 Å². The minimum absolute atomic E-state index is 0.0500. The van der Waals surface area contributed by atoms with Crippen LogP contribution in [0.15, 0.2) is 6.20 Å². The van der Waals surface area contributed by atoms with Gasteiger partial charge in [0.1, 0.15) is 0 Å². The third-order valence-corrected chi connectivity index (χ3v) is 2.22. The summed E-state index contributed by atoms with van der Waals surface area (Å²) in [5.74, 6) is -0.0500. The standard InChI is InChI=1S/C6H7IN2O/c1-4-6(7)3-9(8-4)5(2)10/h3H,1-2H3. The molecule has 0 atom stereocenters. The molecule has 0 aliphatic carbocycles. The van der Waals surface area contributed by atoms with Crippen LogP contribution in [0.5, 0.6) is 0 Å². The molecule has 10 heavy (non-hydrogen) atoms. The van der Waals surface area contributed by atoms with E-state index >= 15 is 0 Å². The quantitative estimate of drug-likeness (QED) is 0.653. The molecule has 0 N–H and O–H groups in total. The number of nitrogens with zero attached hydrogens (tertiary/aromatic N) is 2. The average molecular weight is 250 g/mol. The summed E-state index contributed by atoms with van der Waals surface area (Å²) in [6, 6.07) is 0. The first-order valence-corrected chi connectivity index (χ1v) is 3.92. The van der Waals surface area contributed by atoms with Crippen LogP contribution in [0.4, 0.5) is 0 Å². The average Bonchev–Trinajstić information content (AvgIpc) is 2.13. The third-order valence-electron chi connectivity index (χ3n) is 1.16. The zero-order valence-electron chi connectivity index (χ0n) is 5.76. The Balaban J connectivity index is 3.10. The fourth-order valence-electron chi connectivity index (χ4n) is 0.600. The number of aryl methyl sites for hydroxylation is 1. The molecule has 0 aromatic carbocycles. The van der Waals surface area contributed by atoms with E-state index in [9.17, 15) is 4.79 Å². The molecule has 1 aromatic heterocycles. The summed E-state index contributed by atoms with van der Waals surface area (Å²) < 4.78 is 2.37. The number of halogens is 1. The lowest BCUT2D eigenvalue weighted by molar-refractivity contribution is 0.0920. The molecule has 0 spiro atoms. The Morgan fingerprint density at radius 2 is 2.40 bits per heavy atom. The molecule has 0 amide bonds. The summed E-state index contributed by atoms with van der Waals surface area (Å²) in [5.41, 5.74) is 0.899. The Kier molecular flexibility index (Phi) is 2.08. The van der Waals surface area contributed by atoms with Crippen LogP contribution < -0.4 is 0 Å². The maximum atomic E-state index is 10.7. The van der Waals surface area contributed by atoms with Crippen LogP contribution in [0.3, 0.4) is 0 Å². The van der Waals surface area contributed by atoms with Crippen molar-refractivity contribution in [3.8, 4) is 0 Å². The maximum Gasteiger partial charge on any atom is 0.243 e. The lowest BCUT2D eigenvalue weighted by Crippen LogP contribution is -2.05. The molecule has 0 aliphatic rings. The number of carbonyl (C=O) groups excluding carboxylic acids is 1. The molecule has 54 valence electrons. The van der Waals surface area contributed by atoms with Gasteiger partial charge in [-0.25, -0.2) is 4.68 Å². The van der Waals surface area contributed by atoms with Gasteiger partial charge in [-0.3, -0.25) is 4.79 Å². The van der Waals surface area contributed by atoms with E-state index in [1.54, 1.807) is 6.20 Å². The van der Waals surface area contributed by atoms with Crippen molar-refractivity contribution < 1.29 is 4.79 Å². The van der Waals surface area contributed by atoms with E-state index in [-0.39, 0.29) is 5.91 Å². The minimum Gasteiger partial charge on any atom is -0.273 e. The Morgan fingerprint density at radius 1 is 1.80 bits per heavy atom. The van der Waals surface area contributed by atoms with Gasteiger partial charge >= 0.3 is 0 Å². The predicted molar refractivity (Wildman–Crippen MR) is 46.0 cm³/mol. The molecule has 0 fully saturated rings. The van der Waals surface area contributed by atoms with Crippen LogP contribution in [0.2, 0.25) is 0 Å². The van der Waals surface area contributed by atoms with E-state index < -0.39 is 0 Å². The molecule has 1 aromatic rings. The SMILES string of the molecule is CC(=O)n1cc(I)c(C)n1. The molecular formula is C6H7IN2O. The molecule has 4 heteroatoms. The topological polar surface area (TPSA) is 34.9 Å². The van der Waals surface area contributed by atoms with Crippen molar-refractivity contribution in [2.24, 2.45) is 0 Å². The molecule has 3 nitrogen and oxygen atoms in total. The second kappa shape index (κ2) is 2.69. The second-order valence-corrected chi connectivity index (χ2v) is 3.19. The molecular weight excluding hydrogens is 243 g/mol. The van der Waals surface area contributed by atoms with Gasteiger partial charge in [0.2, 0.25) is 5.91 Å². The zero-order chi connectivity index (χ0) is 7.72. The lowest BCUT2D eigenvalue weighted by Gasteiger charge is -1.88. The van der Waals surface area contributed by atoms with E-state index in [0.717, 1.165) is 9.26 Å². The highest BCUT2D eigenvalue weighted by atomic mass is 127. The number of aromatic nitrogens is 2. The van der Waals surface area contributed by atoms with Crippen molar-refractivity contribution >= 4 is 28.5 Å². The summed E-state index contributed by atoms with van der Waals surface area (Å²) >= 11 is 2.14. The van der Waals surface area contributed by atoms with Gasteiger partial charge < -0.3 is 0 Å². The highest BCUT2D eigenvalue weighted by molar-refractivity contribution is 14.1. The maximum absolute atomic E-state index is 10.7. The third kappa shape index (κ3) is 1.36. The van der Waals surface area contributed by atoms with Crippen molar-refractivity contribution in [2.45, 2.75) is 13.8 Å². The zero-order valence-corrected chi connectivity index (χ0v) is 7.92. The largest absolute Gasteiger partial charge is 0.273 e. The van der Waals surface area contributed by atoms with Crippen molar-refractivity contribution in [3.63, 3.8) is 0 Å². The highest BCUT2D eigenvalue weighted by Gasteiger charge is 2.02. The van der Waals surface area contributed by atoms with Crippen molar-refractivity contribution in [1.29, 1.82) is 0 Å². The fourth-order valence-corrected chi connectivity index (χ4v) is 0.972. The van der Waals surface area contributed by atoms with E-state index in [4.69, 9.17) is 0 Å². The van der Waals surface area contributed by atoms with Gasteiger partial charge in [-0.15, -0.1) is 0 Å². The van der Waals surface area contributed by atoms with Crippen LogP contribution in [0, 0.1) is 10.5 Å². The summed E-state index contributed by atoms with van der Waals surface area (Å²) in [6.45, 7) is 3.36. The molecule has 0 saturated carbocycles. The highest BCUT2D eigenvalue weighted by Crippen LogP contribution is 2.07. The van der Waals surface area contributed by atoms with Gasteiger partial charge in [-0.05, 0) is 29.5 Å². The van der Waals surface area contributed by atoms with E-state index in [2.05, 4.69) is 27.7 Å². The first-order valence-electron chi connectivity index (χ1n) is 2.84. The Bertz CT molecular complexity index is 247. The molecule has 0 aliphatic heterocycles. The van der Waals surface area contributed by atoms with E-state index in [0.29, 0.717) is 0 Å². The van der Waals surface area contributed by atoms with Crippen molar-refractivity contribution in [2.75, 3.05) is 0 Å². The van der Waals surface area contributed by atoms with Gasteiger partial charge in [0.05, 0.1) is 9.26 Å².